The van der Waals surface area contributed by atoms with Crippen molar-refractivity contribution in [2.24, 2.45) is 5.10 Å². The maximum absolute atomic E-state index is 11.9. The number of nitro benzene ring substituents is 1. The highest BCUT2D eigenvalue weighted by molar-refractivity contribution is 14.1. The number of phenolic OH excluding ortho intramolecular Hbond substituents is 2. The average Bonchev–Trinajstić information content (AvgIpc) is 2.52. The van der Waals surface area contributed by atoms with E-state index in [4.69, 9.17) is 0 Å². The van der Waals surface area contributed by atoms with Crippen LogP contribution >= 0.6 is 38.5 Å². The summed E-state index contributed by atoms with van der Waals surface area (Å²) in [5.41, 5.74) is 1.97. The molecular weight excluding hydrogens is 497 g/mol. The zero-order valence-electron chi connectivity index (χ0n) is 11.7. The van der Waals surface area contributed by atoms with E-state index >= 15 is 0 Å². The number of halogens is 2. The van der Waals surface area contributed by atoms with E-state index in [0.717, 1.165) is 12.3 Å². The first kappa shape index (κ1) is 18.1. The molecule has 24 heavy (non-hydrogen) atoms. The number of nitrogens with zero attached hydrogens (tertiary/aromatic N) is 2. The number of carbonyl (C=O) groups is 1. The fraction of sp³-hybridized carbons (Fsp3) is 0. The third-order valence-electron chi connectivity index (χ3n) is 2.86. The number of rotatable bonds is 4. The molecule has 8 nitrogen and oxygen atoms in total. The van der Waals surface area contributed by atoms with Crippen molar-refractivity contribution in [1.29, 1.82) is 0 Å². The summed E-state index contributed by atoms with van der Waals surface area (Å²) in [7, 11) is 0. The number of amides is 1. The zero-order valence-corrected chi connectivity index (χ0v) is 15.5. The topological polar surface area (TPSA) is 125 Å². The van der Waals surface area contributed by atoms with Gasteiger partial charge in [0.1, 0.15) is 5.75 Å². The molecule has 0 aliphatic carbocycles. The van der Waals surface area contributed by atoms with Crippen LogP contribution < -0.4 is 5.43 Å². The van der Waals surface area contributed by atoms with E-state index < -0.39 is 22.3 Å². The Balaban J connectivity index is 2.18. The monoisotopic (exact) mass is 505 g/mol. The fourth-order valence-corrected chi connectivity index (χ4v) is 2.52. The summed E-state index contributed by atoms with van der Waals surface area (Å²) in [6, 6.07) is 6.92. The number of hydrogen-bond donors (Lipinski definition) is 3. The Kier molecular flexibility index (Phi) is 5.72. The number of hydrogen-bond acceptors (Lipinski definition) is 6. The molecule has 0 spiro atoms. The fourth-order valence-electron chi connectivity index (χ4n) is 1.72. The van der Waals surface area contributed by atoms with Gasteiger partial charge in [-0.1, -0.05) is 15.9 Å². The minimum Gasteiger partial charge on any atom is -0.507 e. The molecule has 0 saturated heterocycles. The molecule has 0 aliphatic rings. The van der Waals surface area contributed by atoms with Gasteiger partial charge in [0.05, 0.1) is 14.7 Å². The zero-order chi connectivity index (χ0) is 17.9. The molecule has 0 saturated carbocycles. The quantitative estimate of drug-likeness (QED) is 0.255. The molecule has 0 heterocycles. The Morgan fingerprint density at radius 1 is 1.33 bits per heavy atom. The first-order chi connectivity index (χ1) is 11.3. The molecule has 3 N–H and O–H groups in total. The molecule has 2 rings (SSSR count). The molecule has 2 aromatic carbocycles. The summed E-state index contributed by atoms with van der Waals surface area (Å²) < 4.78 is 0.973. The van der Waals surface area contributed by atoms with Crippen molar-refractivity contribution < 1.29 is 19.9 Å². The molecule has 1 amide bonds. The number of aromatic hydroxyl groups is 2. The summed E-state index contributed by atoms with van der Waals surface area (Å²) in [4.78, 5) is 22.0. The van der Waals surface area contributed by atoms with Crippen LogP contribution in [0.4, 0.5) is 5.69 Å². The van der Waals surface area contributed by atoms with Crippen LogP contribution in [0.3, 0.4) is 0 Å². The van der Waals surface area contributed by atoms with Gasteiger partial charge in [0, 0.05) is 21.7 Å². The van der Waals surface area contributed by atoms with Gasteiger partial charge in [-0.15, -0.1) is 0 Å². The third-order valence-corrected chi connectivity index (χ3v) is 4.23. The van der Waals surface area contributed by atoms with Crippen LogP contribution in [0.15, 0.2) is 39.9 Å². The first-order valence-corrected chi connectivity index (χ1v) is 8.15. The molecule has 0 fully saturated rings. The molecule has 10 heteroatoms. The van der Waals surface area contributed by atoms with Crippen LogP contribution in [0.1, 0.15) is 15.9 Å². The molecule has 0 aromatic heterocycles. The van der Waals surface area contributed by atoms with Gasteiger partial charge in [-0.05, 0) is 46.9 Å². The van der Waals surface area contributed by atoms with Crippen molar-refractivity contribution in [3.05, 3.63) is 59.6 Å². The van der Waals surface area contributed by atoms with E-state index in [1.54, 1.807) is 6.07 Å². The van der Waals surface area contributed by atoms with Crippen molar-refractivity contribution in [1.82, 2.24) is 5.43 Å². The molecule has 2 aromatic rings. The normalized spacial score (nSPS) is 10.8. The number of nitro groups is 1. The van der Waals surface area contributed by atoms with Crippen LogP contribution in [0.2, 0.25) is 0 Å². The molecule has 0 radical (unpaired) electrons. The minimum atomic E-state index is -0.732. The van der Waals surface area contributed by atoms with E-state index in [1.165, 1.54) is 18.2 Å². The highest BCUT2D eigenvalue weighted by atomic mass is 127. The molecular formula is C14H9BrIN3O5. The Hall–Kier alpha value is -2.21. The summed E-state index contributed by atoms with van der Waals surface area (Å²) in [5, 5.41) is 33.9. The van der Waals surface area contributed by atoms with E-state index in [-0.39, 0.29) is 16.9 Å². The van der Waals surface area contributed by atoms with Crippen molar-refractivity contribution in [3.63, 3.8) is 0 Å². The number of phenols is 2. The van der Waals surface area contributed by atoms with Gasteiger partial charge in [0.15, 0.2) is 0 Å². The molecule has 0 unspecified atom stereocenters. The highest BCUT2D eigenvalue weighted by Gasteiger charge is 2.17. The molecule has 0 bridgehead atoms. The third kappa shape index (κ3) is 4.20. The SMILES string of the molecule is O=C(N/N=C\c1cc(Br)cc([N+](=O)[O-])c1O)c1ccc(I)c(O)c1. The van der Waals surface area contributed by atoms with E-state index in [0.29, 0.717) is 8.04 Å². The summed E-state index contributed by atoms with van der Waals surface area (Å²) >= 11 is 5.01. The lowest BCUT2D eigenvalue weighted by atomic mass is 10.2. The predicted molar refractivity (Wildman–Crippen MR) is 98.3 cm³/mol. The molecule has 0 atom stereocenters. The summed E-state index contributed by atoms with van der Waals surface area (Å²) in [6.07, 6.45) is 1.08. The van der Waals surface area contributed by atoms with Crippen molar-refractivity contribution >= 4 is 56.3 Å². The maximum atomic E-state index is 11.9. The van der Waals surface area contributed by atoms with Gasteiger partial charge in [0.25, 0.3) is 5.91 Å². The number of hydrazone groups is 1. The van der Waals surface area contributed by atoms with Gasteiger partial charge >= 0.3 is 5.69 Å². The van der Waals surface area contributed by atoms with Crippen LogP contribution in [0.25, 0.3) is 0 Å². The number of carbonyl (C=O) groups excluding carboxylic acids is 1. The second kappa shape index (κ2) is 7.57. The lowest BCUT2D eigenvalue weighted by Crippen LogP contribution is -2.17. The Labute approximate surface area is 157 Å². The molecule has 124 valence electrons. The van der Waals surface area contributed by atoms with Gasteiger partial charge in [-0.2, -0.15) is 5.10 Å². The van der Waals surface area contributed by atoms with Gasteiger partial charge in [-0.25, -0.2) is 5.43 Å². The number of benzene rings is 2. The minimum absolute atomic E-state index is 0.0347. The smallest absolute Gasteiger partial charge is 0.312 e. The van der Waals surface area contributed by atoms with Crippen LogP contribution in [-0.4, -0.2) is 27.3 Å². The van der Waals surface area contributed by atoms with Crippen molar-refractivity contribution in [3.8, 4) is 11.5 Å². The van der Waals surface area contributed by atoms with Crippen molar-refractivity contribution in [2.75, 3.05) is 0 Å². The average molecular weight is 506 g/mol. The molecule has 0 aliphatic heterocycles. The van der Waals surface area contributed by atoms with Crippen LogP contribution in [0, 0.1) is 13.7 Å². The number of nitrogens with one attached hydrogen (secondary N) is 1. The summed E-state index contributed by atoms with van der Waals surface area (Å²) in [6.45, 7) is 0. The second-order valence-electron chi connectivity index (χ2n) is 4.49. The Morgan fingerprint density at radius 3 is 2.67 bits per heavy atom. The van der Waals surface area contributed by atoms with Crippen LogP contribution in [-0.2, 0) is 0 Å². The second-order valence-corrected chi connectivity index (χ2v) is 6.56. The lowest BCUT2D eigenvalue weighted by Gasteiger charge is -2.03. The predicted octanol–water partition coefficient (Wildman–Crippen LogP) is 3.14. The van der Waals surface area contributed by atoms with Gasteiger partial charge < -0.3 is 10.2 Å². The first-order valence-electron chi connectivity index (χ1n) is 6.28. The lowest BCUT2D eigenvalue weighted by molar-refractivity contribution is -0.385. The Bertz CT molecular complexity index is 857. The maximum Gasteiger partial charge on any atom is 0.312 e. The van der Waals surface area contributed by atoms with E-state index in [9.17, 15) is 25.1 Å². The van der Waals surface area contributed by atoms with Gasteiger partial charge in [0.2, 0.25) is 5.75 Å². The van der Waals surface area contributed by atoms with Crippen molar-refractivity contribution in [2.45, 2.75) is 0 Å². The van der Waals surface area contributed by atoms with Gasteiger partial charge in [-0.3, -0.25) is 14.9 Å². The summed E-state index contributed by atoms with van der Waals surface area (Å²) in [5.74, 6) is -1.18. The largest absolute Gasteiger partial charge is 0.507 e. The van der Waals surface area contributed by atoms with Crippen LogP contribution in [0.5, 0.6) is 11.5 Å². The standard InChI is InChI=1S/C14H9BrIN3O5/c15-9-3-8(13(21)11(5-9)19(23)24)6-17-18-14(22)7-1-2-10(16)12(20)4-7/h1-6,20-21H,(H,18,22)/b17-6-. The van der Waals surface area contributed by atoms with E-state index in [1.807, 2.05) is 22.6 Å². The highest BCUT2D eigenvalue weighted by Crippen LogP contribution is 2.32. The van der Waals surface area contributed by atoms with E-state index in [2.05, 4.69) is 26.5 Å². The Morgan fingerprint density at radius 2 is 2.04 bits per heavy atom.